The molecule has 0 saturated carbocycles. The Kier molecular flexibility index (Phi) is 6.33. The first-order chi connectivity index (χ1) is 14.2. The number of hydrogen-bond acceptors (Lipinski definition) is 7. The monoisotopic (exact) mass is 415 g/mol. The summed E-state index contributed by atoms with van der Waals surface area (Å²) in [5, 5.41) is 25.7. The number of aliphatic hydroxyl groups excluding tert-OH is 2. The van der Waals surface area contributed by atoms with Crippen molar-refractivity contribution < 1.29 is 14.6 Å². The molecular weight excluding hydrogens is 389 g/mol. The van der Waals surface area contributed by atoms with Crippen molar-refractivity contribution in [3.63, 3.8) is 0 Å². The van der Waals surface area contributed by atoms with Crippen molar-refractivity contribution in [1.29, 1.82) is 0 Å². The third-order valence-electron chi connectivity index (χ3n) is 4.37. The molecule has 3 aromatic heterocycles. The Bertz CT molecular complexity index is 1110. The first-order valence-electron chi connectivity index (χ1n) is 9.67. The second-order valence-electron chi connectivity index (χ2n) is 7.99. The highest BCUT2D eigenvalue weighted by Crippen LogP contribution is 2.26. The van der Waals surface area contributed by atoms with Crippen LogP contribution in [0, 0.1) is 5.82 Å². The molecule has 0 amide bonds. The third kappa shape index (κ3) is 4.92. The van der Waals surface area contributed by atoms with Gasteiger partial charge >= 0.3 is 0 Å². The molecule has 3 aromatic rings. The molecule has 0 unspecified atom stereocenters. The van der Waals surface area contributed by atoms with Crippen LogP contribution in [0.2, 0.25) is 0 Å². The standard InChI is InChI=1S/C21H26FN5O3/c1-21(2,3)26-19-18-14(4-6-27(7-9-29)20(18)30)11-17(25-19)24-16-10-13(5-8-28)15(22)12-23-16/h4,6,10-12,28-29H,5,7-9H2,1-3H3,(H2,23,24,25,26). The molecule has 0 saturated heterocycles. The zero-order valence-electron chi connectivity index (χ0n) is 17.2. The van der Waals surface area contributed by atoms with E-state index in [0.29, 0.717) is 33.8 Å². The van der Waals surface area contributed by atoms with Gasteiger partial charge in [0.15, 0.2) is 0 Å². The Morgan fingerprint density at radius 2 is 1.93 bits per heavy atom. The molecule has 0 spiro atoms. The van der Waals surface area contributed by atoms with Gasteiger partial charge in [0.1, 0.15) is 23.3 Å². The molecule has 0 bridgehead atoms. The Hall–Kier alpha value is -3.04. The molecule has 30 heavy (non-hydrogen) atoms. The lowest BCUT2D eigenvalue weighted by Gasteiger charge is -2.23. The van der Waals surface area contributed by atoms with Crippen LogP contribution in [-0.4, -0.2) is 43.5 Å². The van der Waals surface area contributed by atoms with E-state index in [0.717, 1.165) is 6.20 Å². The van der Waals surface area contributed by atoms with Gasteiger partial charge in [-0.3, -0.25) is 4.79 Å². The number of rotatable bonds is 7. The average Bonchev–Trinajstić information content (AvgIpc) is 2.65. The highest BCUT2D eigenvalue weighted by molar-refractivity contribution is 5.93. The fraction of sp³-hybridized carbons (Fsp3) is 0.381. The van der Waals surface area contributed by atoms with Crippen LogP contribution in [0.5, 0.6) is 0 Å². The highest BCUT2D eigenvalue weighted by atomic mass is 19.1. The molecule has 0 aliphatic heterocycles. The predicted molar refractivity (Wildman–Crippen MR) is 115 cm³/mol. The lowest BCUT2D eigenvalue weighted by Crippen LogP contribution is -2.29. The van der Waals surface area contributed by atoms with Gasteiger partial charge in [0.2, 0.25) is 0 Å². The Morgan fingerprint density at radius 1 is 1.17 bits per heavy atom. The van der Waals surface area contributed by atoms with Gasteiger partial charge in [0, 0.05) is 24.9 Å². The van der Waals surface area contributed by atoms with Gasteiger partial charge in [0.25, 0.3) is 5.56 Å². The summed E-state index contributed by atoms with van der Waals surface area (Å²) in [4.78, 5) is 21.5. The lowest BCUT2D eigenvalue weighted by atomic mass is 10.1. The maximum atomic E-state index is 13.8. The quantitative estimate of drug-likeness (QED) is 0.469. The fourth-order valence-electron chi connectivity index (χ4n) is 3.09. The van der Waals surface area contributed by atoms with E-state index < -0.39 is 5.82 Å². The minimum atomic E-state index is -0.486. The largest absolute Gasteiger partial charge is 0.396 e. The van der Waals surface area contributed by atoms with E-state index in [9.17, 15) is 14.3 Å². The van der Waals surface area contributed by atoms with Crippen LogP contribution in [0.4, 0.5) is 21.8 Å². The molecule has 3 heterocycles. The number of anilines is 3. The molecule has 0 aliphatic rings. The third-order valence-corrected chi connectivity index (χ3v) is 4.37. The molecule has 0 aliphatic carbocycles. The summed E-state index contributed by atoms with van der Waals surface area (Å²) in [5.74, 6) is 0.725. The van der Waals surface area contributed by atoms with E-state index in [4.69, 9.17) is 5.11 Å². The van der Waals surface area contributed by atoms with Crippen molar-refractivity contribution >= 4 is 28.2 Å². The second-order valence-corrected chi connectivity index (χ2v) is 7.99. The number of aliphatic hydroxyl groups is 2. The van der Waals surface area contributed by atoms with Crippen LogP contribution >= 0.6 is 0 Å². The van der Waals surface area contributed by atoms with Gasteiger partial charge in [-0.1, -0.05) is 0 Å². The van der Waals surface area contributed by atoms with Gasteiger partial charge < -0.3 is 25.4 Å². The summed E-state index contributed by atoms with van der Waals surface area (Å²) >= 11 is 0. The molecular formula is C21H26FN5O3. The topological polar surface area (TPSA) is 112 Å². The first kappa shape index (κ1) is 21.7. The van der Waals surface area contributed by atoms with Crippen molar-refractivity contribution in [3.05, 3.63) is 52.3 Å². The number of nitrogens with one attached hydrogen (secondary N) is 2. The highest BCUT2D eigenvalue weighted by Gasteiger charge is 2.17. The summed E-state index contributed by atoms with van der Waals surface area (Å²) < 4.78 is 15.3. The van der Waals surface area contributed by atoms with Gasteiger partial charge in [-0.2, -0.15) is 0 Å². The van der Waals surface area contributed by atoms with Crippen LogP contribution in [0.25, 0.3) is 10.8 Å². The van der Waals surface area contributed by atoms with E-state index in [-0.39, 0.29) is 37.3 Å². The van der Waals surface area contributed by atoms with Gasteiger partial charge in [-0.25, -0.2) is 14.4 Å². The summed E-state index contributed by atoms with van der Waals surface area (Å²) in [5.41, 5.74) is -0.265. The summed E-state index contributed by atoms with van der Waals surface area (Å²) in [6.45, 7) is 5.74. The Labute approximate surface area is 173 Å². The Balaban J connectivity index is 2.09. The van der Waals surface area contributed by atoms with Gasteiger partial charge in [-0.15, -0.1) is 0 Å². The molecule has 8 nitrogen and oxygen atoms in total. The number of pyridine rings is 3. The van der Waals surface area contributed by atoms with Crippen LogP contribution < -0.4 is 16.2 Å². The zero-order chi connectivity index (χ0) is 21.9. The van der Waals surface area contributed by atoms with E-state index in [1.807, 2.05) is 20.8 Å². The maximum absolute atomic E-state index is 13.8. The average molecular weight is 415 g/mol. The minimum Gasteiger partial charge on any atom is -0.396 e. The van der Waals surface area contributed by atoms with Crippen LogP contribution in [0.3, 0.4) is 0 Å². The number of nitrogens with zero attached hydrogens (tertiary/aromatic N) is 3. The van der Waals surface area contributed by atoms with E-state index in [1.165, 1.54) is 10.6 Å². The summed E-state index contributed by atoms with van der Waals surface area (Å²) in [6.07, 6.45) is 2.90. The van der Waals surface area contributed by atoms with Gasteiger partial charge in [-0.05, 0) is 56.3 Å². The summed E-state index contributed by atoms with van der Waals surface area (Å²) in [6, 6.07) is 5.01. The van der Waals surface area contributed by atoms with Crippen molar-refractivity contribution in [1.82, 2.24) is 14.5 Å². The van der Waals surface area contributed by atoms with E-state index >= 15 is 0 Å². The molecule has 0 radical (unpaired) electrons. The molecule has 0 atom stereocenters. The zero-order valence-corrected chi connectivity index (χ0v) is 17.2. The van der Waals surface area contributed by atoms with Crippen LogP contribution in [0.1, 0.15) is 26.3 Å². The molecule has 0 fully saturated rings. The SMILES string of the molecule is CC(C)(C)Nc1nc(Nc2cc(CCO)c(F)cn2)cc2ccn(CCO)c(=O)c12. The lowest BCUT2D eigenvalue weighted by molar-refractivity contribution is 0.274. The second kappa shape index (κ2) is 8.76. The van der Waals surface area contributed by atoms with Crippen LogP contribution in [0.15, 0.2) is 35.4 Å². The Morgan fingerprint density at radius 3 is 2.60 bits per heavy atom. The van der Waals surface area contributed by atoms with Crippen LogP contribution in [-0.2, 0) is 13.0 Å². The van der Waals surface area contributed by atoms with Crippen molar-refractivity contribution in [2.45, 2.75) is 39.3 Å². The number of halogens is 1. The van der Waals surface area contributed by atoms with Gasteiger partial charge in [0.05, 0.1) is 18.2 Å². The molecule has 9 heteroatoms. The molecule has 3 rings (SSSR count). The smallest absolute Gasteiger partial charge is 0.262 e. The number of fused-ring (bicyclic) bond motifs is 1. The maximum Gasteiger partial charge on any atom is 0.262 e. The normalized spacial score (nSPS) is 11.7. The molecule has 4 N–H and O–H groups in total. The number of hydrogen-bond donors (Lipinski definition) is 4. The predicted octanol–water partition coefficient (Wildman–Crippen LogP) is 2.41. The molecule has 160 valence electrons. The van der Waals surface area contributed by atoms with E-state index in [1.54, 1.807) is 18.3 Å². The molecule has 0 aromatic carbocycles. The van der Waals surface area contributed by atoms with Crippen molar-refractivity contribution in [2.24, 2.45) is 0 Å². The summed E-state index contributed by atoms with van der Waals surface area (Å²) in [7, 11) is 0. The van der Waals surface area contributed by atoms with Crippen molar-refractivity contribution in [2.75, 3.05) is 23.8 Å². The first-order valence-corrected chi connectivity index (χ1v) is 9.67. The fourth-order valence-corrected chi connectivity index (χ4v) is 3.09. The van der Waals surface area contributed by atoms with Crippen molar-refractivity contribution in [3.8, 4) is 0 Å². The minimum absolute atomic E-state index is 0.146. The number of aromatic nitrogens is 3. The van der Waals surface area contributed by atoms with E-state index in [2.05, 4.69) is 20.6 Å².